The van der Waals surface area contributed by atoms with Crippen LogP contribution in [0.15, 0.2) is 22.5 Å². The third-order valence-corrected chi connectivity index (χ3v) is 2.96. The monoisotopic (exact) mass is 193 g/mol. The summed E-state index contributed by atoms with van der Waals surface area (Å²) >= 11 is 0. The second kappa shape index (κ2) is 3.52. The van der Waals surface area contributed by atoms with E-state index in [1.165, 1.54) is 5.70 Å². The van der Waals surface area contributed by atoms with Gasteiger partial charge in [-0.25, -0.2) is 4.58 Å². The van der Waals surface area contributed by atoms with E-state index in [2.05, 4.69) is 33.2 Å². The highest BCUT2D eigenvalue weighted by Crippen LogP contribution is 2.17. The van der Waals surface area contributed by atoms with Gasteiger partial charge in [-0.1, -0.05) is 13.5 Å². The first kappa shape index (κ1) is 9.37. The lowest BCUT2D eigenvalue weighted by atomic mass is 10.2. The molecule has 0 aliphatic carbocycles. The molecule has 14 heavy (non-hydrogen) atoms. The molecule has 2 aliphatic heterocycles. The van der Waals surface area contributed by atoms with Crippen LogP contribution in [0.4, 0.5) is 0 Å². The predicted molar refractivity (Wildman–Crippen MR) is 55.5 cm³/mol. The Kier molecular flexibility index (Phi) is 2.35. The molecule has 1 saturated heterocycles. The van der Waals surface area contributed by atoms with Gasteiger partial charge in [-0.2, -0.15) is 0 Å². The summed E-state index contributed by atoms with van der Waals surface area (Å²) in [5.74, 6) is 1.05. The van der Waals surface area contributed by atoms with Crippen molar-refractivity contribution in [3.05, 3.63) is 12.3 Å². The third-order valence-electron chi connectivity index (χ3n) is 2.96. The number of allylic oxidation sites excluding steroid dienone is 1. The van der Waals surface area contributed by atoms with E-state index >= 15 is 0 Å². The Morgan fingerprint density at radius 2 is 2.50 bits per heavy atom. The zero-order valence-corrected chi connectivity index (χ0v) is 8.90. The highest BCUT2D eigenvalue weighted by molar-refractivity contribution is 5.75. The molecule has 1 atom stereocenters. The van der Waals surface area contributed by atoms with Gasteiger partial charge in [0.2, 0.25) is 6.17 Å². The minimum atomic E-state index is 0.229. The second-order valence-electron chi connectivity index (χ2n) is 3.80. The van der Waals surface area contributed by atoms with E-state index in [9.17, 15) is 0 Å². The average molecular weight is 193 g/mol. The van der Waals surface area contributed by atoms with Crippen molar-refractivity contribution in [2.45, 2.75) is 26.4 Å². The number of rotatable bonds is 2. The average Bonchev–Trinajstić information content (AvgIpc) is 2.59. The highest BCUT2D eigenvalue weighted by Gasteiger charge is 2.34. The quantitative estimate of drug-likeness (QED) is 0.611. The topological polar surface area (TPSA) is 31.0 Å². The molecule has 2 rings (SSSR count). The molecule has 2 aliphatic rings. The van der Waals surface area contributed by atoms with E-state index in [0.29, 0.717) is 0 Å². The summed E-state index contributed by atoms with van der Waals surface area (Å²) in [5.41, 5.74) is 1.21. The molecule has 0 aromatic heterocycles. The van der Waals surface area contributed by atoms with Crippen molar-refractivity contribution in [1.29, 1.82) is 0 Å². The van der Waals surface area contributed by atoms with Crippen molar-refractivity contribution >= 4 is 5.84 Å². The molecule has 0 bridgehead atoms. The summed E-state index contributed by atoms with van der Waals surface area (Å²) in [6.45, 7) is 11.2. The van der Waals surface area contributed by atoms with Gasteiger partial charge in [0, 0.05) is 12.6 Å². The molecule has 4 heteroatoms. The van der Waals surface area contributed by atoms with Crippen LogP contribution in [0.2, 0.25) is 0 Å². The fourth-order valence-electron chi connectivity index (χ4n) is 1.96. The van der Waals surface area contributed by atoms with Crippen molar-refractivity contribution in [3.63, 3.8) is 0 Å². The molecule has 0 aromatic carbocycles. The molecular formula is C10H17N4+. The number of azo groups is 1. The van der Waals surface area contributed by atoms with Gasteiger partial charge >= 0.3 is 5.84 Å². The molecule has 0 radical (unpaired) electrons. The van der Waals surface area contributed by atoms with Crippen LogP contribution in [0, 0.1) is 0 Å². The molecule has 0 saturated carbocycles. The van der Waals surface area contributed by atoms with Crippen molar-refractivity contribution in [2.75, 3.05) is 19.6 Å². The lowest BCUT2D eigenvalue weighted by Gasteiger charge is -2.31. The van der Waals surface area contributed by atoms with Gasteiger partial charge < -0.3 is 4.90 Å². The number of nitrogens with zero attached hydrogens (tertiary/aromatic N) is 4. The van der Waals surface area contributed by atoms with Gasteiger partial charge in [0.05, 0.1) is 18.2 Å². The van der Waals surface area contributed by atoms with Crippen LogP contribution in [-0.4, -0.2) is 41.1 Å². The molecular weight excluding hydrogens is 176 g/mol. The Bertz CT molecular complexity index is 316. The summed E-state index contributed by atoms with van der Waals surface area (Å²) in [6.07, 6.45) is 1.25. The number of hydrogen-bond donors (Lipinski definition) is 0. The standard InChI is InChI=1S/C10H17N4/c1-4-8(2)13-5-6-14-9(3)11-12-10(14)7-13/h10H,2,4-7H2,1,3H3/q+1. The summed E-state index contributed by atoms with van der Waals surface area (Å²) < 4.78 is 2.26. The first-order valence-electron chi connectivity index (χ1n) is 5.16. The smallest absolute Gasteiger partial charge is 0.320 e. The minimum Gasteiger partial charge on any atom is -0.365 e. The number of piperazine rings is 1. The van der Waals surface area contributed by atoms with E-state index in [1.54, 1.807) is 0 Å². The van der Waals surface area contributed by atoms with Crippen molar-refractivity contribution < 1.29 is 4.58 Å². The lowest BCUT2D eigenvalue weighted by molar-refractivity contribution is -0.571. The maximum Gasteiger partial charge on any atom is 0.320 e. The van der Waals surface area contributed by atoms with Gasteiger partial charge in [0.15, 0.2) is 0 Å². The Balaban J connectivity index is 2.07. The Labute approximate surface area is 84.6 Å². The third kappa shape index (κ3) is 1.45. The SMILES string of the molecule is C=C(CC)N1CC[N+]2=C(C)N=NC2C1. The molecule has 1 fully saturated rings. The van der Waals surface area contributed by atoms with E-state index in [1.807, 2.05) is 6.92 Å². The second-order valence-corrected chi connectivity index (χ2v) is 3.80. The fourth-order valence-corrected chi connectivity index (χ4v) is 1.96. The maximum absolute atomic E-state index is 4.24. The first-order chi connectivity index (χ1) is 6.72. The van der Waals surface area contributed by atoms with Crippen LogP contribution in [0.1, 0.15) is 20.3 Å². The summed E-state index contributed by atoms with van der Waals surface area (Å²) in [5, 5.41) is 8.35. The molecule has 0 spiro atoms. The Morgan fingerprint density at radius 3 is 3.21 bits per heavy atom. The van der Waals surface area contributed by atoms with Gasteiger partial charge in [-0.05, 0) is 11.5 Å². The Morgan fingerprint density at radius 1 is 1.71 bits per heavy atom. The van der Waals surface area contributed by atoms with E-state index in [4.69, 9.17) is 0 Å². The molecule has 0 amide bonds. The van der Waals surface area contributed by atoms with Crippen LogP contribution in [0.5, 0.6) is 0 Å². The lowest BCUT2D eigenvalue weighted by Crippen LogP contribution is -2.46. The molecule has 1 unspecified atom stereocenters. The van der Waals surface area contributed by atoms with E-state index < -0.39 is 0 Å². The van der Waals surface area contributed by atoms with Crippen molar-refractivity contribution in [2.24, 2.45) is 10.2 Å². The predicted octanol–water partition coefficient (Wildman–Crippen LogP) is 1.45. The van der Waals surface area contributed by atoms with Crippen LogP contribution >= 0.6 is 0 Å². The van der Waals surface area contributed by atoms with E-state index in [-0.39, 0.29) is 6.17 Å². The van der Waals surface area contributed by atoms with E-state index in [0.717, 1.165) is 31.9 Å². The Hall–Kier alpha value is -1.19. The molecule has 4 nitrogen and oxygen atoms in total. The van der Waals surface area contributed by atoms with Gasteiger partial charge in [0.25, 0.3) is 0 Å². The number of hydrogen-bond acceptors (Lipinski definition) is 3. The van der Waals surface area contributed by atoms with Crippen LogP contribution < -0.4 is 0 Å². The summed E-state index contributed by atoms with van der Waals surface area (Å²) in [6, 6.07) is 0. The fraction of sp³-hybridized carbons (Fsp3) is 0.700. The zero-order chi connectivity index (χ0) is 10.1. The van der Waals surface area contributed by atoms with Crippen LogP contribution in [-0.2, 0) is 0 Å². The van der Waals surface area contributed by atoms with Gasteiger partial charge in [-0.3, -0.25) is 0 Å². The first-order valence-corrected chi connectivity index (χ1v) is 5.16. The van der Waals surface area contributed by atoms with Crippen LogP contribution in [0.25, 0.3) is 0 Å². The largest absolute Gasteiger partial charge is 0.365 e. The zero-order valence-electron chi connectivity index (χ0n) is 8.90. The van der Waals surface area contributed by atoms with Gasteiger partial charge in [0.1, 0.15) is 6.54 Å². The number of fused-ring (bicyclic) bond motifs is 1. The van der Waals surface area contributed by atoms with Crippen molar-refractivity contribution in [1.82, 2.24) is 4.90 Å². The van der Waals surface area contributed by atoms with Crippen molar-refractivity contribution in [3.8, 4) is 0 Å². The maximum atomic E-state index is 4.24. The molecule has 76 valence electrons. The summed E-state index contributed by atoms with van der Waals surface area (Å²) in [4.78, 5) is 2.32. The minimum absolute atomic E-state index is 0.229. The summed E-state index contributed by atoms with van der Waals surface area (Å²) in [7, 11) is 0. The highest BCUT2D eigenvalue weighted by atomic mass is 15.4. The van der Waals surface area contributed by atoms with Gasteiger partial charge in [-0.15, -0.1) is 0 Å². The van der Waals surface area contributed by atoms with Crippen LogP contribution in [0.3, 0.4) is 0 Å². The molecule has 0 aromatic rings. The molecule has 0 N–H and O–H groups in total. The normalized spacial score (nSPS) is 25.6. The number of amidine groups is 1. The molecule has 2 heterocycles.